The highest BCUT2D eigenvalue weighted by Gasteiger charge is 2.73. The van der Waals surface area contributed by atoms with Crippen molar-refractivity contribution in [2.75, 3.05) is 0 Å². The molecule has 3 rings (SSSR count). The summed E-state index contributed by atoms with van der Waals surface area (Å²) in [5, 5.41) is -0.738. The molecule has 0 aromatic heterocycles. The van der Waals surface area contributed by atoms with E-state index in [2.05, 4.69) is 0 Å². The zero-order chi connectivity index (χ0) is 19.5. The van der Waals surface area contributed by atoms with Crippen molar-refractivity contribution in [3.8, 4) is 0 Å². The fraction of sp³-hybridized carbons (Fsp3) is 0.176. The lowest BCUT2D eigenvalue weighted by molar-refractivity contribution is -0.359. The maximum Gasteiger partial charge on any atom is 0.460 e. The molecule has 0 heterocycles. The lowest BCUT2D eigenvalue weighted by atomic mass is 9.93. The minimum Gasteiger partial charge on any atom is -0.194 e. The summed E-state index contributed by atoms with van der Waals surface area (Å²) < 4.78 is 93.3. The molecule has 0 unspecified atom stereocenters. The first kappa shape index (κ1) is 19.0. The van der Waals surface area contributed by atoms with Gasteiger partial charge >= 0.3 is 18.0 Å². The Morgan fingerprint density at radius 2 is 1.12 bits per heavy atom. The molecule has 0 aliphatic carbocycles. The number of fused-ring (bicyclic) bond motifs is 2. The van der Waals surface area contributed by atoms with E-state index in [1.807, 2.05) is 0 Å². The number of hydrogen-bond acceptors (Lipinski definition) is 0. The molecule has 0 fully saturated rings. The molecule has 0 radical (unpaired) electrons. The van der Waals surface area contributed by atoms with E-state index in [1.54, 1.807) is 6.07 Å². The molecular weight excluding hydrogens is 408 g/mol. The summed E-state index contributed by atoms with van der Waals surface area (Å²) in [5.74, 6) is -11.9. The Labute approximate surface area is 152 Å². The summed E-state index contributed by atoms with van der Waals surface area (Å²) in [7, 11) is 0. The van der Waals surface area contributed by atoms with E-state index in [0.29, 0.717) is 11.5 Å². The number of benzene rings is 3. The molecule has 3 aromatic carbocycles. The Morgan fingerprint density at radius 1 is 0.615 bits per heavy atom. The van der Waals surface area contributed by atoms with Crippen LogP contribution in [0.25, 0.3) is 21.5 Å². The van der Waals surface area contributed by atoms with Crippen LogP contribution in [-0.4, -0.2) is 12.1 Å². The van der Waals surface area contributed by atoms with Crippen LogP contribution in [0.15, 0.2) is 42.5 Å². The van der Waals surface area contributed by atoms with E-state index in [-0.39, 0.29) is 20.8 Å². The second-order valence-corrected chi connectivity index (χ2v) is 6.30. The van der Waals surface area contributed by atoms with Crippen LogP contribution < -0.4 is 0 Å². The Hall–Kier alpha value is -1.73. The molecule has 0 nitrogen and oxygen atoms in total. The average molecular weight is 415 g/mol. The van der Waals surface area contributed by atoms with Gasteiger partial charge < -0.3 is 0 Å². The zero-order valence-electron chi connectivity index (χ0n) is 12.4. The second-order valence-electron chi connectivity index (χ2n) is 5.55. The van der Waals surface area contributed by atoms with E-state index < -0.39 is 29.0 Å². The summed E-state index contributed by atoms with van der Waals surface area (Å²) in [6.45, 7) is 0. The number of rotatable bonds is 2. The van der Waals surface area contributed by atoms with Crippen molar-refractivity contribution in [3.63, 3.8) is 0 Å². The standard InChI is InChI=1S/C17H7Cl2F7/c18-13-8-4-1-2-5-9(8)14(19)12-10(13)6-3-7-11(12)15(20,21)16(22,23)17(24,25)26/h1-7H. The highest BCUT2D eigenvalue weighted by atomic mass is 35.5. The molecule has 0 aliphatic rings. The van der Waals surface area contributed by atoms with Gasteiger partial charge in [-0.2, -0.15) is 30.7 Å². The first-order chi connectivity index (χ1) is 11.9. The van der Waals surface area contributed by atoms with Crippen molar-refractivity contribution in [1.82, 2.24) is 0 Å². The van der Waals surface area contributed by atoms with Crippen molar-refractivity contribution in [2.45, 2.75) is 18.0 Å². The Bertz CT molecular complexity index is 1010. The third-order valence-corrected chi connectivity index (χ3v) is 4.81. The highest BCUT2D eigenvalue weighted by Crippen LogP contribution is 2.54. The van der Waals surface area contributed by atoms with Gasteiger partial charge in [-0.05, 0) is 0 Å². The van der Waals surface area contributed by atoms with Crippen molar-refractivity contribution >= 4 is 44.7 Å². The molecule has 0 saturated carbocycles. The van der Waals surface area contributed by atoms with Crippen molar-refractivity contribution in [1.29, 1.82) is 0 Å². The Balaban J connectivity index is 2.46. The van der Waals surface area contributed by atoms with Gasteiger partial charge in [-0.25, -0.2) is 0 Å². The predicted octanol–water partition coefficient (Wildman–Crippen LogP) is 7.59. The molecule has 138 valence electrons. The fourth-order valence-corrected chi connectivity index (χ4v) is 3.42. The van der Waals surface area contributed by atoms with Crippen molar-refractivity contribution in [3.05, 3.63) is 58.1 Å². The third-order valence-electron chi connectivity index (χ3n) is 4.01. The average Bonchev–Trinajstić information content (AvgIpc) is 2.58. The molecule has 0 bridgehead atoms. The largest absolute Gasteiger partial charge is 0.460 e. The third kappa shape index (κ3) is 2.52. The van der Waals surface area contributed by atoms with Crippen molar-refractivity contribution in [2.24, 2.45) is 0 Å². The van der Waals surface area contributed by atoms with Gasteiger partial charge in [0, 0.05) is 27.1 Å². The van der Waals surface area contributed by atoms with E-state index in [1.165, 1.54) is 24.3 Å². The monoisotopic (exact) mass is 414 g/mol. The molecular formula is C17H7Cl2F7. The molecule has 0 amide bonds. The van der Waals surface area contributed by atoms with Crippen LogP contribution in [0.5, 0.6) is 0 Å². The lowest BCUT2D eigenvalue weighted by Crippen LogP contribution is -2.50. The van der Waals surface area contributed by atoms with Crippen LogP contribution in [0.2, 0.25) is 10.0 Å². The van der Waals surface area contributed by atoms with Crippen LogP contribution in [0.4, 0.5) is 30.7 Å². The van der Waals surface area contributed by atoms with Gasteiger partial charge in [-0.3, -0.25) is 0 Å². The lowest BCUT2D eigenvalue weighted by Gasteiger charge is -2.29. The number of hydrogen-bond donors (Lipinski definition) is 0. The molecule has 9 heteroatoms. The van der Waals surface area contributed by atoms with Crippen LogP contribution in [0.3, 0.4) is 0 Å². The van der Waals surface area contributed by atoms with Gasteiger partial charge in [-0.1, -0.05) is 65.7 Å². The molecule has 0 spiro atoms. The molecule has 0 saturated heterocycles. The van der Waals surface area contributed by atoms with E-state index in [9.17, 15) is 30.7 Å². The van der Waals surface area contributed by atoms with Gasteiger partial charge in [0.1, 0.15) is 0 Å². The molecule has 0 aliphatic heterocycles. The minimum absolute atomic E-state index is 0.0759. The van der Waals surface area contributed by atoms with Crippen LogP contribution in [0, 0.1) is 0 Å². The van der Waals surface area contributed by atoms with Gasteiger partial charge in [0.05, 0.1) is 10.0 Å². The normalized spacial score (nSPS) is 13.6. The van der Waals surface area contributed by atoms with E-state index >= 15 is 0 Å². The van der Waals surface area contributed by atoms with Crippen molar-refractivity contribution < 1.29 is 30.7 Å². The molecule has 0 N–H and O–H groups in total. The SMILES string of the molecule is FC(F)(F)C(F)(F)C(F)(F)c1cccc2c(Cl)c3ccccc3c(Cl)c12. The van der Waals surface area contributed by atoms with Gasteiger partial charge in [0.15, 0.2) is 0 Å². The molecule has 26 heavy (non-hydrogen) atoms. The predicted molar refractivity (Wildman–Crippen MR) is 86.4 cm³/mol. The summed E-state index contributed by atoms with van der Waals surface area (Å²) in [6, 6.07) is 8.65. The maximum absolute atomic E-state index is 14.3. The van der Waals surface area contributed by atoms with Gasteiger partial charge in [0.2, 0.25) is 0 Å². The minimum atomic E-state index is -6.45. The summed E-state index contributed by atoms with van der Waals surface area (Å²) in [4.78, 5) is 0. The first-order valence-electron chi connectivity index (χ1n) is 7.02. The topological polar surface area (TPSA) is 0 Å². The number of halogens is 9. The second kappa shape index (κ2) is 5.89. The summed E-state index contributed by atoms with van der Waals surface area (Å²) >= 11 is 12.3. The fourth-order valence-electron chi connectivity index (χ4n) is 2.73. The summed E-state index contributed by atoms with van der Waals surface area (Å²) in [5.41, 5.74) is -1.55. The molecule has 0 atom stereocenters. The summed E-state index contributed by atoms with van der Waals surface area (Å²) in [6.07, 6.45) is -6.45. The maximum atomic E-state index is 14.3. The quantitative estimate of drug-likeness (QED) is 0.299. The number of alkyl halides is 7. The van der Waals surface area contributed by atoms with Crippen LogP contribution in [0.1, 0.15) is 5.56 Å². The Morgan fingerprint density at radius 3 is 1.65 bits per heavy atom. The first-order valence-corrected chi connectivity index (χ1v) is 7.78. The highest BCUT2D eigenvalue weighted by molar-refractivity contribution is 6.47. The van der Waals surface area contributed by atoms with E-state index in [0.717, 1.165) is 6.07 Å². The Kier molecular flexibility index (Phi) is 4.31. The van der Waals surface area contributed by atoms with E-state index in [4.69, 9.17) is 23.2 Å². The smallest absolute Gasteiger partial charge is 0.194 e. The van der Waals surface area contributed by atoms with Gasteiger partial charge in [-0.15, -0.1) is 0 Å². The van der Waals surface area contributed by atoms with Crippen LogP contribution in [-0.2, 0) is 5.92 Å². The molecule has 3 aromatic rings. The van der Waals surface area contributed by atoms with Gasteiger partial charge in [0.25, 0.3) is 0 Å². The zero-order valence-corrected chi connectivity index (χ0v) is 14.0. The van der Waals surface area contributed by atoms with Crippen LogP contribution >= 0.6 is 23.2 Å².